The molecule has 6 heteroatoms. The molecular weight excluding hydrogens is 252 g/mol. The Morgan fingerprint density at radius 2 is 2.11 bits per heavy atom. The molecule has 0 aromatic heterocycles. The minimum atomic E-state index is -2.97. The average Bonchev–Trinajstić information content (AvgIpc) is 2.55. The fourth-order valence-corrected chi connectivity index (χ4v) is 2.73. The Balaban J connectivity index is 2.01. The Hall–Kier alpha value is -1.56. The lowest BCUT2D eigenvalue weighted by molar-refractivity contribution is 0.0779. The Morgan fingerprint density at radius 3 is 2.78 bits per heavy atom. The summed E-state index contributed by atoms with van der Waals surface area (Å²) in [6, 6.07) is 5.29. The number of sulfone groups is 1. The maximum absolute atomic E-state index is 12.0. The normalized spacial score (nSPS) is 14.9. The molecule has 1 amide bonds. The van der Waals surface area contributed by atoms with Gasteiger partial charge >= 0.3 is 0 Å². The summed E-state index contributed by atoms with van der Waals surface area (Å²) < 4.78 is 22.1. The number of amides is 1. The Bertz CT molecular complexity index is 581. The van der Waals surface area contributed by atoms with E-state index in [1.807, 2.05) is 6.07 Å². The van der Waals surface area contributed by atoms with Crippen LogP contribution in [0.25, 0.3) is 0 Å². The van der Waals surface area contributed by atoms with Crippen LogP contribution in [0.4, 0.5) is 5.69 Å². The average molecular weight is 268 g/mol. The first-order valence-electron chi connectivity index (χ1n) is 5.72. The molecule has 18 heavy (non-hydrogen) atoms. The molecule has 0 unspecified atom stereocenters. The zero-order chi connectivity index (χ0) is 13.3. The molecule has 0 radical (unpaired) electrons. The molecule has 1 heterocycles. The second-order valence-electron chi connectivity index (χ2n) is 4.63. The number of carbonyl (C=O) groups is 1. The first-order valence-corrected chi connectivity index (χ1v) is 7.78. The number of carbonyl (C=O) groups excluding carboxylic acids is 1. The van der Waals surface area contributed by atoms with Crippen molar-refractivity contribution in [1.82, 2.24) is 4.90 Å². The molecule has 98 valence electrons. The summed E-state index contributed by atoms with van der Waals surface area (Å²) in [5.41, 5.74) is 7.80. The number of anilines is 1. The van der Waals surface area contributed by atoms with E-state index in [1.54, 1.807) is 17.0 Å². The Kier molecular flexibility index (Phi) is 3.30. The van der Waals surface area contributed by atoms with E-state index in [4.69, 9.17) is 5.73 Å². The van der Waals surface area contributed by atoms with E-state index >= 15 is 0 Å². The molecule has 1 aliphatic rings. The first kappa shape index (κ1) is 12.9. The van der Waals surface area contributed by atoms with E-state index in [-0.39, 0.29) is 11.7 Å². The van der Waals surface area contributed by atoms with Crippen molar-refractivity contribution in [2.24, 2.45) is 0 Å². The van der Waals surface area contributed by atoms with Gasteiger partial charge in [-0.25, -0.2) is 8.42 Å². The number of nitrogens with two attached hydrogens (primary N) is 1. The molecule has 0 fully saturated rings. The van der Waals surface area contributed by atoms with Crippen LogP contribution in [0.1, 0.15) is 22.3 Å². The topological polar surface area (TPSA) is 80.5 Å². The van der Waals surface area contributed by atoms with Crippen LogP contribution in [0.3, 0.4) is 0 Å². The summed E-state index contributed by atoms with van der Waals surface area (Å²) in [5, 5.41) is 0. The van der Waals surface area contributed by atoms with E-state index in [2.05, 4.69) is 0 Å². The van der Waals surface area contributed by atoms with Gasteiger partial charge in [-0.15, -0.1) is 0 Å². The van der Waals surface area contributed by atoms with Gasteiger partial charge in [0.15, 0.2) is 0 Å². The van der Waals surface area contributed by atoms with Crippen LogP contribution in [0.15, 0.2) is 18.2 Å². The summed E-state index contributed by atoms with van der Waals surface area (Å²) in [5.74, 6) is 0.0423. The second-order valence-corrected chi connectivity index (χ2v) is 6.89. The Labute approximate surface area is 107 Å². The van der Waals surface area contributed by atoms with E-state index in [0.29, 0.717) is 30.8 Å². The molecule has 0 saturated carbocycles. The molecule has 0 atom stereocenters. The van der Waals surface area contributed by atoms with Gasteiger partial charge in [-0.1, -0.05) is 6.07 Å². The summed E-state index contributed by atoms with van der Waals surface area (Å²) in [4.78, 5) is 13.7. The quantitative estimate of drug-likeness (QED) is 0.813. The highest BCUT2D eigenvalue weighted by Crippen LogP contribution is 2.24. The number of rotatable bonds is 4. The van der Waals surface area contributed by atoms with Gasteiger partial charge in [-0.3, -0.25) is 4.79 Å². The largest absolute Gasteiger partial charge is 0.399 e. The fourth-order valence-electron chi connectivity index (χ4n) is 2.08. The van der Waals surface area contributed by atoms with Gasteiger partial charge in [0.05, 0.1) is 5.75 Å². The lowest BCUT2D eigenvalue weighted by Gasteiger charge is -2.14. The molecule has 0 bridgehead atoms. The molecule has 0 saturated heterocycles. The van der Waals surface area contributed by atoms with E-state index in [9.17, 15) is 13.2 Å². The van der Waals surface area contributed by atoms with E-state index < -0.39 is 9.84 Å². The van der Waals surface area contributed by atoms with Crippen molar-refractivity contribution in [3.05, 3.63) is 29.3 Å². The van der Waals surface area contributed by atoms with Gasteiger partial charge in [0.2, 0.25) is 0 Å². The van der Waals surface area contributed by atoms with Crippen LogP contribution in [0, 0.1) is 0 Å². The summed E-state index contributed by atoms with van der Waals surface area (Å²) in [6.07, 6.45) is 1.67. The van der Waals surface area contributed by atoms with Crippen molar-refractivity contribution in [2.75, 3.05) is 24.3 Å². The van der Waals surface area contributed by atoms with Crippen molar-refractivity contribution in [2.45, 2.75) is 13.0 Å². The lowest BCUT2D eigenvalue weighted by atomic mass is 10.1. The number of nitrogen functional groups attached to an aromatic ring is 1. The van der Waals surface area contributed by atoms with Crippen LogP contribution >= 0.6 is 0 Å². The summed E-state index contributed by atoms with van der Waals surface area (Å²) >= 11 is 0. The molecule has 1 aromatic carbocycles. The van der Waals surface area contributed by atoms with E-state index in [0.717, 1.165) is 5.56 Å². The Morgan fingerprint density at radius 1 is 1.39 bits per heavy atom. The molecule has 1 aliphatic heterocycles. The van der Waals surface area contributed by atoms with E-state index in [1.165, 1.54) is 6.26 Å². The van der Waals surface area contributed by atoms with Crippen LogP contribution < -0.4 is 5.73 Å². The van der Waals surface area contributed by atoms with Gasteiger partial charge in [-0.05, 0) is 24.1 Å². The molecular formula is C12H16N2O3S. The molecule has 1 aromatic rings. The van der Waals surface area contributed by atoms with Gasteiger partial charge in [0, 0.05) is 30.6 Å². The van der Waals surface area contributed by atoms with Crippen molar-refractivity contribution >= 4 is 21.4 Å². The maximum Gasteiger partial charge on any atom is 0.254 e. The van der Waals surface area contributed by atoms with Crippen molar-refractivity contribution in [3.63, 3.8) is 0 Å². The lowest BCUT2D eigenvalue weighted by Crippen LogP contribution is -2.26. The number of benzene rings is 1. The third-order valence-electron chi connectivity index (χ3n) is 2.96. The fraction of sp³-hybridized carbons (Fsp3) is 0.417. The highest BCUT2D eigenvalue weighted by Gasteiger charge is 2.26. The zero-order valence-corrected chi connectivity index (χ0v) is 11.0. The number of hydrogen-bond acceptors (Lipinski definition) is 4. The van der Waals surface area contributed by atoms with Crippen LogP contribution in [0.2, 0.25) is 0 Å². The van der Waals surface area contributed by atoms with Crippen molar-refractivity contribution in [3.8, 4) is 0 Å². The monoisotopic (exact) mass is 268 g/mol. The molecule has 5 nitrogen and oxygen atoms in total. The maximum atomic E-state index is 12.0. The predicted octanol–water partition coefficient (Wildman–Crippen LogP) is 0.659. The molecule has 2 N–H and O–H groups in total. The van der Waals surface area contributed by atoms with Crippen LogP contribution in [-0.4, -0.2) is 37.8 Å². The van der Waals surface area contributed by atoms with Crippen molar-refractivity contribution in [1.29, 1.82) is 0 Å². The van der Waals surface area contributed by atoms with Gasteiger partial charge in [0.25, 0.3) is 5.91 Å². The van der Waals surface area contributed by atoms with Crippen molar-refractivity contribution < 1.29 is 13.2 Å². The van der Waals surface area contributed by atoms with Crippen LogP contribution in [-0.2, 0) is 16.4 Å². The number of nitrogens with zero attached hydrogens (tertiary/aromatic N) is 1. The van der Waals surface area contributed by atoms with Gasteiger partial charge < -0.3 is 10.6 Å². The summed E-state index contributed by atoms with van der Waals surface area (Å²) in [7, 11) is -2.97. The first-order chi connectivity index (χ1) is 8.37. The molecule has 0 spiro atoms. The molecule has 2 rings (SSSR count). The number of hydrogen-bond donors (Lipinski definition) is 1. The standard InChI is InChI=1S/C12H16N2O3S/c1-18(16,17)6-2-5-14-8-9-3-4-10(13)7-11(9)12(14)15/h3-4,7H,2,5-6,8,13H2,1H3. The van der Waals surface area contributed by atoms with Crippen LogP contribution in [0.5, 0.6) is 0 Å². The zero-order valence-electron chi connectivity index (χ0n) is 10.2. The minimum Gasteiger partial charge on any atom is -0.399 e. The minimum absolute atomic E-state index is 0.0641. The third-order valence-corrected chi connectivity index (χ3v) is 3.99. The highest BCUT2D eigenvalue weighted by molar-refractivity contribution is 7.90. The number of fused-ring (bicyclic) bond motifs is 1. The summed E-state index contributed by atoms with van der Waals surface area (Å²) in [6.45, 7) is 0.999. The van der Waals surface area contributed by atoms with Gasteiger partial charge in [0.1, 0.15) is 9.84 Å². The molecule has 0 aliphatic carbocycles. The highest BCUT2D eigenvalue weighted by atomic mass is 32.2. The smallest absolute Gasteiger partial charge is 0.254 e. The predicted molar refractivity (Wildman–Crippen MR) is 69.9 cm³/mol. The third kappa shape index (κ3) is 2.81. The van der Waals surface area contributed by atoms with Gasteiger partial charge in [-0.2, -0.15) is 0 Å². The SMILES string of the molecule is CS(=O)(=O)CCCN1Cc2ccc(N)cc2C1=O. The second kappa shape index (κ2) is 4.61.